The minimum Gasteiger partial charge on any atom is -0.378 e. The summed E-state index contributed by atoms with van der Waals surface area (Å²) in [4.78, 5) is 0. The summed E-state index contributed by atoms with van der Waals surface area (Å²) in [5.41, 5.74) is 2.84. The minimum atomic E-state index is 0.407. The Morgan fingerprint density at radius 3 is 2.38 bits per heavy atom. The van der Waals surface area contributed by atoms with Crippen LogP contribution in [0, 0.1) is 5.92 Å². The molecule has 1 fully saturated rings. The standard InChI is InChI=1S/C19H31NO/c1-5-12-20-19(17-11-13-21-18(17)6-2)16-9-7-15(8-10-16)14(3)4/h7-10,14,17-20H,5-6,11-13H2,1-4H3. The molecule has 0 spiro atoms. The Morgan fingerprint density at radius 2 is 1.81 bits per heavy atom. The molecule has 0 aromatic heterocycles. The third kappa shape index (κ3) is 4.08. The van der Waals surface area contributed by atoms with E-state index in [1.165, 1.54) is 24.0 Å². The van der Waals surface area contributed by atoms with Crippen LogP contribution in [-0.2, 0) is 4.74 Å². The molecule has 1 N–H and O–H groups in total. The van der Waals surface area contributed by atoms with E-state index in [1.54, 1.807) is 0 Å². The van der Waals surface area contributed by atoms with Crippen molar-refractivity contribution in [2.24, 2.45) is 5.92 Å². The molecule has 21 heavy (non-hydrogen) atoms. The Morgan fingerprint density at radius 1 is 1.14 bits per heavy atom. The van der Waals surface area contributed by atoms with E-state index in [-0.39, 0.29) is 0 Å². The maximum Gasteiger partial charge on any atom is 0.0619 e. The number of nitrogens with one attached hydrogen (secondary N) is 1. The van der Waals surface area contributed by atoms with E-state index in [0.29, 0.717) is 24.0 Å². The molecule has 2 heteroatoms. The molecule has 3 unspecified atom stereocenters. The van der Waals surface area contributed by atoms with Crippen LogP contribution in [0.15, 0.2) is 24.3 Å². The lowest BCUT2D eigenvalue weighted by Crippen LogP contribution is -2.33. The van der Waals surface area contributed by atoms with Gasteiger partial charge in [-0.1, -0.05) is 52.0 Å². The lowest BCUT2D eigenvalue weighted by Gasteiger charge is -2.29. The molecule has 1 aromatic carbocycles. The highest BCUT2D eigenvalue weighted by atomic mass is 16.5. The van der Waals surface area contributed by atoms with E-state index in [2.05, 4.69) is 57.3 Å². The summed E-state index contributed by atoms with van der Waals surface area (Å²) in [6.45, 7) is 11.0. The molecule has 1 aliphatic rings. The minimum absolute atomic E-state index is 0.407. The van der Waals surface area contributed by atoms with Crippen molar-refractivity contribution in [1.29, 1.82) is 0 Å². The van der Waals surface area contributed by atoms with Crippen molar-refractivity contribution in [3.8, 4) is 0 Å². The first kappa shape index (κ1) is 16.5. The molecule has 1 saturated heterocycles. The first-order chi connectivity index (χ1) is 10.2. The van der Waals surface area contributed by atoms with Gasteiger partial charge in [-0.2, -0.15) is 0 Å². The predicted molar refractivity (Wildman–Crippen MR) is 89.7 cm³/mol. The first-order valence-corrected chi connectivity index (χ1v) is 8.62. The molecule has 1 aliphatic heterocycles. The summed E-state index contributed by atoms with van der Waals surface area (Å²) in [5.74, 6) is 1.20. The van der Waals surface area contributed by atoms with Crippen molar-refractivity contribution < 1.29 is 4.74 Å². The molecule has 3 atom stereocenters. The van der Waals surface area contributed by atoms with Crippen molar-refractivity contribution in [1.82, 2.24) is 5.32 Å². The highest BCUT2D eigenvalue weighted by Crippen LogP contribution is 2.35. The van der Waals surface area contributed by atoms with E-state index in [0.717, 1.165) is 19.6 Å². The van der Waals surface area contributed by atoms with Gasteiger partial charge in [-0.15, -0.1) is 0 Å². The van der Waals surface area contributed by atoms with Gasteiger partial charge in [0, 0.05) is 18.6 Å². The molecule has 0 amide bonds. The third-order valence-electron chi connectivity index (χ3n) is 4.67. The summed E-state index contributed by atoms with van der Waals surface area (Å²) in [6, 6.07) is 9.63. The van der Waals surface area contributed by atoms with Crippen LogP contribution in [0.1, 0.15) is 70.0 Å². The highest BCUT2D eigenvalue weighted by molar-refractivity contribution is 5.27. The lowest BCUT2D eigenvalue weighted by molar-refractivity contribution is 0.0774. The zero-order valence-corrected chi connectivity index (χ0v) is 14.1. The van der Waals surface area contributed by atoms with E-state index in [4.69, 9.17) is 4.74 Å². The van der Waals surface area contributed by atoms with Gasteiger partial charge >= 0.3 is 0 Å². The Hall–Kier alpha value is -0.860. The number of benzene rings is 1. The van der Waals surface area contributed by atoms with Crippen molar-refractivity contribution in [2.75, 3.05) is 13.2 Å². The summed E-state index contributed by atoms with van der Waals surface area (Å²) in [7, 11) is 0. The fraction of sp³-hybridized carbons (Fsp3) is 0.684. The van der Waals surface area contributed by atoms with Crippen LogP contribution in [0.3, 0.4) is 0 Å². The summed E-state index contributed by atoms with van der Waals surface area (Å²) >= 11 is 0. The maximum absolute atomic E-state index is 5.92. The molecule has 2 rings (SSSR count). The molecule has 0 bridgehead atoms. The van der Waals surface area contributed by atoms with Crippen molar-refractivity contribution in [2.45, 2.75) is 65.0 Å². The van der Waals surface area contributed by atoms with E-state index >= 15 is 0 Å². The van der Waals surface area contributed by atoms with Gasteiger partial charge in [0.2, 0.25) is 0 Å². The molecule has 1 aromatic rings. The SMILES string of the molecule is CCCNC(c1ccc(C(C)C)cc1)C1CCOC1CC. The van der Waals surface area contributed by atoms with Gasteiger partial charge in [-0.05, 0) is 42.9 Å². The van der Waals surface area contributed by atoms with Crippen molar-refractivity contribution in [3.05, 3.63) is 35.4 Å². The molecule has 1 heterocycles. The van der Waals surface area contributed by atoms with Gasteiger partial charge in [0.15, 0.2) is 0 Å². The zero-order chi connectivity index (χ0) is 15.2. The smallest absolute Gasteiger partial charge is 0.0619 e. The van der Waals surface area contributed by atoms with Crippen LogP contribution in [0.2, 0.25) is 0 Å². The Kier molecular flexibility index (Phi) is 6.25. The lowest BCUT2D eigenvalue weighted by atomic mass is 9.86. The second kappa shape index (κ2) is 7.95. The fourth-order valence-electron chi connectivity index (χ4n) is 3.37. The predicted octanol–water partition coefficient (Wildman–Crippen LogP) is 4.67. The largest absolute Gasteiger partial charge is 0.378 e. The topological polar surface area (TPSA) is 21.3 Å². The monoisotopic (exact) mass is 289 g/mol. The van der Waals surface area contributed by atoms with Crippen molar-refractivity contribution in [3.63, 3.8) is 0 Å². The molecule has 0 saturated carbocycles. The first-order valence-electron chi connectivity index (χ1n) is 8.62. The average Bonchev–Trinajstić information content (AvgIpc) is 2.96. The van der Waals surface area contributed by atoms with Gasteiger partial charge in [0.1, 0.15) is 0 Å². The molecule has 118 valence electrons. The zero-order valence-electron chi connectivity index (χ0n) is 14.1. The average molecular weight is 289 g/mol. The van der Waals surface area contributed by atoms with Crippen LogP contribution in [0.5, 0.6) is 0 Å². The number of hydrogen-bond donors (Lipinski definition) is 1. The summed E-state index contributed by atoms with van der Waals surface area (Å²) in [6.07, 6.45) is 3.86. The maximum atomic E-state index is 5.92. The van der Waals surface area contributed by atoms with Gasteiger partial charge in [0.25, 0.3) is 0 Å². The normalized spacial score (nSPS) is 23.7. The molecular weight excluding hydrogens is 258 g/mol. The van der Waals surface area contributed by atoms with Crippen LogP contribution in [0.4, 0.5) is 0 Å². The van der Waals surface area contributed by atoms with Crippen molar-refractivity contribution >= 4 is 0 Å². The second-order valence-corrected chi connectivity index (χ2v) is 6.52. The number of ether oxygens (including phenoxy) is 1. The van der Waals surface area contributed by atoms with E-state index < -0.39 is 0 Å². The molecule has 2 nitrogen and oxygen atoms in total. The molecular formula is C19H31NO. The second-order valence-electron chi connectivity index (χ2n) is 6.52. The van der Waals surface area contributed by atoms with Gasteiger partial charge < -0.3 is 10.1 Å². The number of hydrogen-bond acceptors (Lipinski definition) is 2. The third-order valence-corrected chi connectivity index (χ3v) is 4.67. The summed E-state index contributed by atoms with van der Waals surface area (Å²) in [5, 5.41) is 3.76. The Balaban J connectivity index is 2.18. The fourth-order valence-corrected chi connectivity index (χ4v) is 3.37. The van der Waals surface area contributed by atoms with Gasteiger partial charge in [-0.3, -0.25) is 0 Å². The molecule has 0 aliphatic carbocycles. The molecule has 0 radical (unpaired) electrons. The highest BCUT2D eigenvalue weighted by Gasteiger charge is 2.34. The summed E-state index contributed by atoms with van der Waals surface area (Å²) < 4.78 is 5.92. The van der Waals surface area contributed by atoms with Crippen LogP contribution in [0.25, 0.3) is 0 Å². The van der Waals surface area contributed by atoms with Crippen LogP contribution >= 0.6 is 0 Å². The van der Waals surface area contributed by atoms with E-state index in [1.807, 2.05) is 0 Å². The number of rotatable bonds is 7. The Labute approximate surface area is 130 Å². The van der Waals surface area contributed by atoms with Gasteiger partial charge in [-0.25, -0.2) is 0 Å². The quantitative estimate of drug-likeness (QED) is 0.788. The Bertz CT molecular complexity index is 412. The van der Waals surface area contributed by atoms with Crippen LogP contribution in [-0.4, -0.2) is 19.3 Å². The van der Waals surface area contributed by atoms with E-state index in [9.17, 15) is 0 Å². The van der Waals surface area contributed by atoms with Gasteiger partial charge in [0.05, 0.1) is 6.10 Å². The van der Waals surface area contributed by atoms with Crippen LogP contribution < -0.4 is 5.32 Å².